The summed E-state index contributed by atoms with van der Waals surface area (Å²) in [4.78, 5) is 22.6. The zero-order valence-electron chi connectivity index (χ0n) is 11.5. The average molecular weight is 268 g/mol. The van der Waals surface area contributed by atoms with Crippen LogP contribution >= 0.6 is 0 Å². The van der Waals surface area contributed by atoms with Crippen molar-refractivity contribution in [1.29, 1.82) is 0 Å². The molecule has 1 heterocycles. The molecule has 19 heavy (non-hydrogen) atoms. The predicted molar refractivity (Wildman–Crippen MR) is 69.8 cm³/mol. The van der Waals surface area contributed by atoms with E-state index in [9.17, 15) is 9.59 Å². The van der Waals surface area contributed by atoms with Crippen LogP contribution in [0.25, 0.3) is 0 Å². The summed E-state index contributed by atoms with van der Waals surface area (Å²) in [5.41, 5.74) is 0.433. The molecular weight excluding hydrogens is 248 g/mol. The molecule has 0 bridgehead atoms. The molecule has 1 amide bonds. The van der Waals surface area contributed by atoms with Gasteiger partial charge in [0.1, 0.15) is 17.1 Å². The van der Waals surface area contributed by atoms with Gasteiger partial charge in [-0.15, -0.1) is 0 Å². The molecule has 0 aromatic carbocycles. The van der Waals surface area contributed by atoms with Crippen molar-refractivity contribution in [3.8, 4) is 0 Å². The van der Waals surface area contributed by atoms with E-state index in [4.69, 9.17) is 4.42 Å². The van der Waals surface area contributed by atoms with Crippen molar-refractivity contribution in [1.82, 2.24) is 10.6 Å². The van der Waals surface area contributed by atoms with Gasteiger partial charge in [0.25, 0.3) is 0 Å². The van der Waals surface area contributed by atoms with Crippen LogP contribution in [0.15, 0.2) is 10.5 Å². The summed E-state index contributed by atoms with van der Waals surface area (Å²) in [6.07, 6.45) is 0.414. The Labute approximate surface area is 112 Å². The topological polar surface area (TPSA) is 80.6 Å². The summed E-state index contributed by atoms with van der Waals surface area (Å²) in [6, 6.07) is 1.65. The van der Waals surface area contributed by atoms with Crippen molar-refractivity contribution in [3.63, 3.8) is 0 Å². The van der Waals surface area contributed by atoms with Crippen LogP contribution in [0.5, 0.6) is 0 Å². The largest absolute Gasteiger partial charge is 0.465 e. The molecule has 0 saturated carbocycles. The third kappa shape index (κ3) is 4.75. The fourth-order valence-electron chi connectivity index (χ4n) is 1.64. The molecule has 1 aromatic heterocycles. The number of carbonyl (C=O) groups is 2. The normalized spacial score (nSPS) is 10.3. The molecule has 0 aliphatic rings. The molecule has 0 spiro atoms. The first kappa shape index (κ1) is 15.2. The lowest BCUT2D eigenvalue weighted by Crippen LogP contribution is -2.27. The number of ether oxygens (including phenoxy) is 1. The summed E-state index contributed by atoms with van der Waals surface area (Å²) < 4.78 is 10.1. The van der Waals surface area contributed by atoms with Gasteiger partial charge in [-0.25, -0.2) is 4.79 Å². The van der Waals surface area contributed by atoms with Crippen LogP contribution in [-0.4, -0.2) is 32.1 Å². The zero-order chi connectivity index (χ0) is 14.3. The highest BCUT2D eigenvalue weighted by Crippen LogP contribution is 2.15. The Kier molecular flexibility index (Phi) is 6.08. The van der Waals surface area contributed by atoms with Crippen LogP contribution < -0.4 is 10.6 Å². The molecule has 0 atom stereocenters. The first-order valence-corrected chi connectivity index (χ1v) is 6.23. The third-order valence-corrected chi connectivity index (χ3v) is 2.58. The van der Waals surface area contributed by atoms with Gasteiger partial charge in [-0.3, -0.25) is 4.79 Å². The molecule has 1 aromatic rings. The summed E-state index contributed by atoms with van der Waals surface area (Å²) in [7, 11) is 1.33. The molecular formula is C13H20N2O4. The number of aryl methyl sites for hydroxylation is 1. The van der Waals surface area contributed by atoms with Gasteiger partial charge in [0.2, 0.25) is 5.91 Å². The minimum atomic E-state index is -0.408. The zero-order valence-corrected chi connectivity index (χ0v) is 11.5. The fraction of sp³-hybridized carbons (Fsp3) is 0.538. The van der Waals surface area contributed by atoms with Crippen molar-refractivity contribution in [2.75, 3.05) is 20.2 Å². The van der Waals surface area contributed by atoms with E-state index in [-0.39, 0.29) is 5.91 Å². The Balaban J connectivity index is 2.38. The standard InChI is InChI=1S/C13H20N2O4/c1-4-15-12(16)5-6-14-8-10-7-11(9(2)19-10)13(17)18-3/h7,14H,4-6,8H2,1-3H3,(H,15,16). The molecule has 2 N–H and O–H groups in total. The lowest BCUT2D eigenvalue weighted by Gasteiger charge is -2.03. The lowest BCUT2D eigenvalue weighted by atomic mass is 10.2. The molecule has 0 aliphatic heterocycles. The van der Waals surface area contributed by atoms with E-state index in [0.29, 0.717) is 43.1 Å². The molecule has 0 unspecified atom stereocenters. The summed E-state index contributed by atoms with van der Waals surface area (Å²) in [6.45, 7) is 5.25. The Morgan fingerprint density at radius 3 is 2.79 bits per heavy atom. The van der Waals surface area contributed by atoms with Crippen LogP contribution in [0.3, 0.4) is 0 Å². The molecule has 0 fully saturated rings. The Bertz CT molecular complexity index is 440. The Hall–Kier alpha value is -1.82. The van der Waals surface area contributed by atoms with Crippen LogP contribution in [0.1, 0.15) is 35.2 Å². The number of esters is 1. The number of furan rings is 1. The van der Waals surface area contributed by atoms with Gasteiger partial charge in [0, 0.05) is 19.5 Å². The molecule has 106 valence electrons. The number of hydrogen-bond acceptors (Lipinski definition) is 5. The van der Waals surface area contributed by atoms with Gasteiger partial charge in [-0.05, 0) is 19.9 Å². The van der Waals surface area contributed by atoms with E-state index < -0.39 is 5.97 Å². The van der Waals surface area contributed by atoms with Crippen LogP contribution in [0.4, 0.5) is 0 Å². The van der Waals surface area contributed by atoms with Crippen LogP contribution in [-0.2, 0) is 16.1 Å². The Morgan fingerprint density at radius 2 is 2.16 bits per heavy atom. The maximum Gasteiger partial charge on any atom is 0.341 e. The summed E-state index contributed by atoms with van der Waals surface area (Å²) in [5.74, 6) is 0.789. The van der Waals surface area contributed by atoms with Crippen molar-refractivity contribution in [2.45, 2.75) is 26.8 Å². The molecule has 6 heteroatoms. The number of hydrogen-bond donors (Lipinski definition) is 2. The van der Waals surface area contributed by atoms with E-state index in [1.165, 1.54) is 7.11 Å². The van der Waals surface area contributed by atoms with Crippen molar-refractivity contribution >= 4 is 11.9 Å². The van der Waals surface area contributed by atoms with Crippen LogP contribution in [0, 0.1) is 6.92 Å². The minimum absolute atomic E-state index is 0.0147. The highest BCUT2D eigenvalue weighted by Gasteiger charge is 2.14. The highest BCUT2D eigenvalue weighted by molar-refractivity contribution is 5.90. The Morgan fingerprint density at radius 1 is 1.42 bits per heavy atom. The number of nitrogens with one attached hydrogen (secondary N) is 2. The number of amides is 1. The van der Waals surface area contributed by atoms with Crippen molar-refractivity contribution in [2.24, 2.45) is 0 Å². The van der Waals surface area contributed by atoms with E-state index in [1.54, 1.807) is 13.0 Å². The maximum atomic E-state index is 11.4. The lowest BCUT2D eigenvalue weighted by molar-refractivity contribution is -0.120. The molecule has 6 nitrogen and oxygen atoms in total. The second-order valence-electron chi connectivity index (χ2n) is 4.05. The van der Waals surface area contributed by atoms with Crippen molar-refractivity contribution < 1.29 is 18.7 Å². The molecule has 0 radical (unpaired) electrons. The summed E-state index contributed by atoms with van der Waals surface area (Å²) >= 11 is 0. The third-order valence-electron chi connectivity index (χ3n) is 2.58. The second kappa shape index (κ2) is 7.58. The average Bonchev–Trinajstić information content (AvgIpc) is 2.75. The van der Waals surface area contributed by atoms with E-state index in [2.05, 4.69) is 15.4 Å². The van der Waals surface area contributed by atoms with E-state index in [0.717, 1.165) is 0 Å². The van der Waals surface area contributed by atoms with Gasteiger partial charge >= 0.3 is 5.97 Å². The van der Waals surface area contributed by atoms with Crippen LogP contribution in [0.2, 0.25) is 0 Å². The van der Waals surface area contributed by atoms with E-state index in [1.807, 2.05) is 6.92 Å². The highest BCUT2D eigenvalue weighted by atomic mass is 16.5. The van der Waals surface area contributed by atoms with Gasteiger partial charge in [0.05, 0.1) is 13.7 Å². The van der Waals surface area contributed by atoms with Gasteiger partial charge in [0.15, 0.2) is 0 Å². The smallest absolute Gasteiger partial charge is 0.341 e. The first-order valence-electron chi connectivity index (χ1n) is 6.23. The van der Waals surface area contributed by atoms with Gasteiger partial charge in [-0.1, -0.05) is 0 Å². The predicted octanol–water partition coefficient (Wildman–Crippen LogP) is 0.990. The molecule has 1 rings (SSSR count). The monoisotopic (exact) mass is 268 g/mol. The minimum Gasteiger partial charge on any atom is -0.465 e. The molecule has 0 aliphatic carbocycles. The number of carbonyl (C=O) groups excluding carboxylic acids is 2. The summed E-state index contributed by atoms with van der Waals surface area (Å²) in [5, 5.41) is 5.80. The van der Waals surface area contributed by atoms with E-state index >= 15 is 0 Å². The van der Waals surface area contributed by atoms with Gasteiger partial charge < -0.3 is 19.8 Å². The first-order chi connectivity index (χ1) is 9.08. The SMILES string of the molecule is CCNC(=O)CCNCc1cc(C(=O)OC)c(C)o1. The number of methoxy groups -OCH3 is 1. The number of rotatable bonds is 7. The molecule has 0 saturated heterocycles. The van der Waals surface area contributed by atoms with Gasteiger partial charge in [-0.2, -0.15) is 0 Å². The fourth-order valence-corrected chi connectivity index (χ4v) is 1.64. The second-order valence-corrected chi connectivity index (χ2v) is 4.05. The van der Waals surface area contributed by atoms with Crippen molar-refractivity contribution in [3.05, 3.63) is 23.2 Å². The quantitative estimate of drug-likeness (QED) is 0.569. The maximum absolute atomic E-state index is 11.4.